The van der Waals surface area contributed by atoms with E-state index in [9.17, 15) is 9.90 Å². The highest BCUT2D eigenvalue weighted by atomic mass is 35.5. The van der Waals surface area contributed by atoms with E-state index in [4.69, 9.17) is 16.3 Å². The van der Waals surface area contributed by atoms with Crippen LogP contribution in [0.3, 0.4) is 0 Å². The van der Waals surface area contributed by atoms with Crippen molar-refractivity contribution in [2.75, 3.05) is 13.2 Å². The fourth-order valence-corrected chi connectivity index (χ4v) is 3.97. The number of hydrogen-bond donors (Lipinski definition) is 2. The van der Waals surface area contributed by atoms with Gasteiger partial charge in [0, 0.05) is 24.4 Å². The molecule has 0 aliphatic heterocycles. The highest BCUT2D eigenvalue weighted by Crippen LogP contribution is 2.44. The molecule has 4 rings (SSSR count). The fraction of sp³-hybridized carbons (Fsp3) is 0.192. The number of benzene rings is 3. The van der Waals surface area contributed by atoms with Gasteiger partial charge < -0.3 is 15.2 Å². The second-order valence-electron chi connectivity index (χ2n) is 7.28. The second-order valence-corrected chi connectivity index (χ2v) is 7.68. The summed E-state index contributed by atoms with van der Waals surface area (Å²) >= 11 is 6.12. The SMILES string of the molecule is O=C(NCCC#Cc1cc(CO)ccc1Cl)OCC1c2ccccc2-c2ccccc21. The highest BCUT2D eigenvalue weighted by molar-refractivity contribution is 6.31. The van der Waals surface area contributed by atoms with Gasteiger partial charge in [-0.3, -0.25) is 0 Å². The summed E-state index contributed by atoms with van der Waals surface area (Å²) in [5.74, 6) is 6.00. The summed E-state index contributed by atoms with van der Waals surface area (Å²) in [4.78, 5) is 12.2. The quantitative estimate of drug-likeness (QED) is 0.436. The number of nitrogens with one attached hydrogen (secondary N) is 1. The van der Waals surface area contributed by atoms with E-state index < -0.39 is 6.09 Å². The number of rotatable bonds is 5. The summed E-state index contributed by atoms with van der Waals surface area (Å²) < 4.78 is 5.51. The smallest absolute Gasteiger partial charge is 0.407 e. The van der Waals surface area contributed by atoms with E-state index in [1.54, 1.807) is 18.2 Å². The Kier molecular flexibility index (Phi) is 6.57. The maximum atomic E-state index is 12.2. The third-order valence-corrected chi connectivity index (χ3v) is 5.63. The molecule has 3 aromatic carbocycles. The Hall–Kier alpha value is -3.26. The van der Waals surface area contributed by atoms with Gasteiger partial charge in [-0.2, -0.15) is 0 Å². The van der Waals surface area contributed by atoms with Crippen LogP contribution in [-0.4, -0.2) is 24.4 Å². The van der Waals surface area contributed by atoms with E-state index >= 15 is 0 Å². The molecule has 156 valence electrons. The molecular weight excluding hydrogens is 410 g/mol. The van der Waals surface area contributed by atoms with Crippen LogP contribution in [-0.2, 0) is 11.3 Å². The van der Waals surface area contributed by atoms with Crippen LogP contribution in [0.1, 0.15) is 34.6 Å². The number of halogens is 1. The summed E-state index contributed by atoms with van der Waals surface area (Å²) in [7, 11) is 0. The molecule has 0 atom stereocenters. The van der Waals surface area contributed by atoms with Crippen molar-refractivity contribution in [3.05, 3.63) is 94.0 Å². The maximum absolute atomic E-state index is 12.2. The van der Waals surface area contributed by atoms with Gasteiger partial charge in [0.2, 0.25) is 0 Å². The molecule has 2 N–H and O–H groups in total. The molecule has 1 amide bonds. The molecule has 0 spiro atoms. The standard InChI is InChI=1S/C26H22ClNO3/c27-25-13-12-18(16-29)15-19(25)7-5-6-14-28-26(30)31-17-24-22-10-3-1-8-20(22)21-9-2-4-11-23(21)24/h1-4,8-13,15,24,29H,6,14,16-17H2,(H,28,30). The van der Waals surface area contributed by atoms with Crippen LogP contribution in [0.15, 0.2) is 66.7 Å². The Morgan fingerprint density at radius 3 is 2.39 bits per heavy atom. The summed E-state index contributed by atoms with van der Waals surface area (Å²) in [5, 5.41) is 12.5. The van der Waals surface area contributed by atoms with Gasteiger partial charge in [0.25, 0.3) is 0 Å². The Bertz CT molecular complexity index is 1120. The van der Waals surface area contributed by atoms with E-state index in [0.717, 1.165) is 5.56 Å². The number of alkyl carbamates (subject to hydrolysis) is 1. The lowest BCUT2D eigenvalue weighted by Gasteiger charge is -2.14. The molecule has 4 nitrogen and oxygen atoms in total. The zero-order valence-electron chi connectivity index (χ0n) is 16.9. The lowest BCUT2D eigenvalue weighted by atomic mass is 9.98. The van der Waals surface area contributed by atoms with Gasteiger partial charge in [0.15, 0.2) is 0 Å². The van der Waals surface area contributed by atoms with Crippen LogP contribution in [0.2, 0.25) is 5.02 Å². The van der Waals surface area contributed by atoms with Crippen molar-refractivity contribution in [1.29, 1.82) is 0 Å². The number of carbonyl (C=O) groups is 1. The van der Waals surface area contributed by atoms with Crippen molar-refractivity contribution in [3.63, 3.8) is 0 Å². The van der Waals surface area contributed by atoms with Gasteiger partial charge in [-0.25, -0.2) is 4.79 Å². The first-order valence-corrected chi connectivity index (χ1v) is 10.5. The second kappa shape index (κ2) is 9.70. The van der Waals surface area contributed by atoms with Crippen molar-refractivity contribution in [3.8, 4) is 23.0 Å². The first-order chi connectivity index (χ1) is 15.2. The first kappa shape index (κ1) is 21.0. The van der Waals surface area contributed by atoms with Gasteiger partial charge in [-0.05, 0) is 39.9 Å². The zero-order valence-corrected chi connectivity index (χ0v) is 17.7. The van der Waals surface area contributed by atoms with E-state index in [2.05, 4.69) is 41.4 Å². The lowest BCUT2D eigenvalue weighted by molar-refractivity contribution is 0.143. The predicted octanol–water partition coefficient (Wildman–Crippen LogP) is 5.11. The van der Waals surface area contributed by atoms with Crippen molar-refractivity contribution < 1.29 is 14.6 Å². The molecule has 31 heavy (non-hydrogen) atoms. The van der Waals surface area contributed by atoms with Crippen LogP contribution in [0.5, 0.6) is 0 Å². The summed E-state index contributed by atoms with van der Waals surface area (Å²) in [5.41, 5.74) is 6.19. The molecule has 0 heterocycles. The first-order valence-electron chi connectivity index (χ1n) is 10.1. The number of aliphatic hydroxyl groups is 1. The van der Waals surface area contributed by atoms with Gasteiger partial charge in [0.05, 0.1) is 11.6 Å². The minimum Gasteiger partial charge on any atom is -0.449 e. The van der Waals surface area contributed by atoms with Gasteiger partial charge in [0.1, 0.15) is 6.61 Å². The van der Waals surface area contributed by atoms with Crippen LogP contribution >= 0.6 is 11.6 Å². The lowest BCUT2D eigenvalue weighted by Crippen LogP contribution is -2.26. The van der Waals surface area contributed by atoms with Gasteiger partial charge >= 0.3 is 6.09 Å². The van der Waals surface area contributed by atoms with Crippen LogP contribution in [0.25, 0.3) is 11.1 Å². The van der Waals surface area contributed by atoms with Crippen LogP contribution in [0.4, 0.5) is 4.79 Å². The number of hydrogen-bond acceptors (Lipinski definition) is 3. The summed E-state index contributed by atoms with van der Waals surface area (Å²) in [6.45, 7) is 0.602. The van der Waals surface area contributed by atoms with Crippen LogP contribution in [0, 0.1) is 11.8 Å². The summed E-state index contributed by atoms with van der Waals surface area (Å²) in [6.07, 6.45) is 0.00752. The maximum Gasteiger partial charge on any atom is 0.407 e. The molecule has 0 aromatic heterocycles. The summed E-state index contributed by atoms with van der Waals surface area (Å²) in [6, 6.07) is 21.7. The number of amides is 1. The minimum atomic E-state index is -0.455. The van der Waals surface area contributed by atoms with E-state index in [1.807, 2.05) is 24.3 Å². The Morgan fingerprint density at radius 1 is 1.03 bits per heavy atom. The third-order valence-electron chi connectivity index (χ3n) is 5.30. The van der Waals surface area contributed by atoms with Crippen molar-refractivity contribution in [1.82, 2.24) is 5.32 Å². The van der Waals surface area contributed by atoms with E-state index in [1.165, 1.54) is 22.3 Å². The number of ether oxygens (including phenoxy) is 1. The average molecular weight is 432 g/mol. The molecule has 0 radical (unpaired) electrons. The number of carbonyl (C=O) groups excluding carboxylic acids is 1. The Labute approximate surface area is 186 Å². The molecular formula is C26H22ClNO3. The van der Waals surface area contributed by atoms with Gasteiger partial charge in [-0.15, -0.1) is 0 Å². The largest absolute Gasteiger partial charge is 0.449 e. The molecule has 5 heteroatoms. The molecule has 1 aliphatic rings. The van der Waals surface area contributed by atoms with Crippen molar-refractivity contribution >= 4 is 17.7 Å². The van der Waals surface area contributed by atoms with E-state index in [-0.39, 0.29) is 19.1 Å². The number of fused-ring (bicyclic) bond motifs is 3. The monoisotopic (exact) mass is 431 g/mol. The van der Waals surface area contributed by atoms with Crippen LogP contribution < -0.4 is 5.32 Å². The normalized spacial score (nSPS) is 11.8. The highest BCUT2D eigenvalue weighted by Gasteiger charge is 2.28. The molecule has 0 saturated heterocycles. The number of aliphatic hydroxyl groups excluding tert-OH is 1. The predicted molar refractivity (Wildman–Crippen MR) is 122 cm³/mol. The molecule has 3 aromatic rings. The Morgan fingerprint density at radius 2 is 1.71 bits per heavy atom. The van der Waals surface area contributed by atoms with E-state index in [0.29, 0.717) is 23.6 Å². The topological polar surface area (TPSA) is 58.6 Å². The van der Waals surface area contributed by atoms with Crippen molar-refractivity contribution in [2.24, 2.45) is 0 Å². The molecule has 1 aliphatic carbocycles. The molecule has 0 unspecified atom stereocenters. The van der Waals surface area contributed by atoms with Gasteiger partial charge in [-0.1, -0.05) is 78.0 Å². The molecule has 0 saturated carbocycles. The average Bonchev–Trinajstić information content (AvgIpc) is 3.12. The fourth-order valence-electron chi connectivity index (χ4n) is 3.80. The molecule has 0 bridgehead atoms. The zero-order chi connectivity index (χ0) is 21.6. The van der Waals surface area contributed by atoms with Crippen molar-refractivity contribution in [2.45, 2.75) is 18.9 Å². The Balaban J connectivity index is 1.29. The molecule has 0 fully saturated rings. The third kappa shape index (κ3) is 4.74. The minimum absolute atomic E-state index is 0.0406.